The van der Waals surface area contributed by atoms with Crippen LogP contribution in [0.5, 0.6) is 0 Å². The van der Waals surface area contributed by atoms with Crippen LogP contribution in [0.3, 0.4) is 0 Å². The van der Waals surface area contributed by atoms with Gasteiger partial charge in [0, 0.05) is 26.4 Å². The largest absolute Gasteiger partial charge is 0.462 e. The zero-order valence-corrected chi connectivity index (χ0v) is 12.5. The van der Waals surface area contributed by atoms with E-state index in [9.17, 15) is 19.7 Å². The summed E-state index contributed by atoms with van der Waals surface area (Å²) in [6.45, 7) is 1.69. The van der Waals surface area contributed by atoms with Crippen LogP contribution in [0.4, 0.5) is 5.69 Å². The lowest BCUT2D eigenvalue weighted by Gasteiger charge is -2.11. The van der Waals surface area contributed by atoms with Crippen molar-refractivity contribution in [3.05, 3.63) is 51.7 Å². The predicted octanol–water partition coefficient (Wildman–Crippen LogP) is 1.29. The molecule has 0 amide bonds. The first-order valence-corrected chi connectivity index (χ1v) is 6.47. The van der Waals surface area contributed by atoms with Gasteiger partial charge in [0.1, 0.15) is 11.1 Å². The van der Waals surface area contributed by atoms with Gasteiger partial charge < -0.3 is 10.2 Å². The number of benzene rings is 1. The van der Waals surface area contributed by atoms with Crippen LogP contribution < -0.4 is 5.43 Å². The maximum absolute atomic E-state index is 12.5. The van der Waals surface area contributed by atoms with Gasteiger partial charge in [-0.05, 0) is 13.0 Å². The third-order valence-electron chi connectivity index (χ3n) is 2.55. The first kappa shape index (κ1) is 17.3. The third kappa shape index (κ3) is 4.38. The van der Waals surface area contributed by atoms with Crippen molar-refractivity contribution in [3.8, 4) is 0 Å². The molecule has 0 fully saturated rings. The number of ether oxygens (including phenoxy) is 1. The lowest BCUT2D eigenvalue weighted by atomic mass is 10.0. The number of para-hydroxylation sites is 1. The van der Waals surface area contributed by atoms with Crippen LogP contribution >= 0.6 is 0 Å². The molecule has 0 atom stereocenters. The number of nitro groups is 1. The minimum Gasteiger partial charge on any atom is -0.462 e. The highest BCUT2D eigenvalue weighted by atomic mass is 16.6. The molecule has 0 radical (unpaired) electrons. The molecule has 8 nitrogen and oxygen atoms in total. The number of nitrogens with one attached hydrogen (secondary N) is 1. The number of hydrazine groups is 1. The lowest BCUT2D eigenvalue weighted by molar-refractivity contribution is -0.385. The SMILES string of the molecule is CCOC(=O)C(=CNN(C)C)C(=O)c1ccccc1[N+](=O)[O-]. The molecule has 1 N–H and O–H groups in total. The van der Waals surface area contributed by atoms with Gasteiger partial charge in [0.25, 0.3) is 5.69 Å². The van der Waals surface area contributed by atoms with E-state index in [0.717, 1.165) is 6.20 Å². The molecule has 118 valence electrons. The Labute approximate surface area is 127 Å². The second-order valence-electron chi connectivity index (χ2n) is 4.41. The van der Waals surface area contributed by atoms with Gasteiger partial charge in [-0.15, -0.1) is 0 Å². The van der Waals surface area contributed by atoms with Gasteiger partial charge in [-0.1, -0.05) is 12.1 Å². The summed E-state index contributed by atoms with van der Waals surface area (Å²) in [5.74, 6) is -1.62. The third-order valence-corrected chi connectivity index (χ3v) is 2.55. The highest BCUT2D eigenvalue weighted by Gasteiger charge is 2.27. The van der Waals surface area contributed by atoms with Crippen molar-refractivity contribution in [2.24, 2.45) is 0 Å². The molecule has 0 heterocycles. The Morgan fingerprint density at radius 2 is 2.00 bits per heavy atom. The monoisotopic (exact) mass is 307 g/mol. The number of carbonyl (C=O) groups is 2. The second kappa shape index (κ2) is 7.89. The highest BCUT2D eigenvalue weighted by molar-refractivity contribution is 6.25. The molecule has 0 saturated heterocycles. The number of nitro benzene ring substituents is 1. The van der Waals surface area contributed by atoms with E-state index in [1.165, 1.54) is 29.3 Å². The number of ketones is 1. The zero-order valence-electron chi connectivity index (χ0n) is 12.5. The van der Waals surface area contributed by atoms with Crippen molar-refractivity contribution in [2.75, 3.05) is 20.7 Å². The number of rotatable bonds is 7. The Morgan fingerprint density at radius 3 is 2.55 bits per heavy atom. The van der Waals surface area contributed by atoms with Crippen LogP contribution in [-0.2, 0) is 9.53 Å². The van der Waals surface area contributed by atoms with Crippen LogP contribution in [0.15, 0.2) is 36.0 Å². The number of Topliss-reactive ketones (excluding diaryl/α,β-unsaturated/α-hetero) is 1. The van der Waals surface area contributed by atoms with E-state index in [2.05, 4.69) is 5.43 Å². The van der Waals surface area contributed by atoms with Crippen LogP contribution in [0.25, 0.3) is 0 Å². The summed E-state index contributed by atoms with van der Waals surface area (Å²) in [5, 5.41) is 12.5. The minimum absolute atomic E-state index is 0.0856. The molecule has 22 heavy (non-hydrogen) atoms. The summed E-state index contributed by atoms with van der Waals surface area (Å²) in [7, 11) is 3.32. The minimum atomic E-state index is -0.847. The molecule has 0 aliphatic carbocycles. The van der Waals surface area contributed by atoms with E-state index in [-0.39, 0.29) is 23.4 Å². The number of nitrogens with zero attached hydrogens (tertiary/aromatic N) is 2. The maximum atomic E-state index is 12.5. The van der Waals surface area contributed by atoms with Gasteiger partial charge in [-0.25, -0.2) is 9.80 Å². The van der Waals surface area contributed by atoms with Gasteiger partial charge in [0.15, 0.2) is 0 Å². The van der Waals surface area contributed by atoms with E-state index in [4.69, 9.17) is 4.74 Å². The summed E-state index contributed by atoms with van der Waals surface area (Å²) in [5.41, 5.74) is 1.81. The number of hydrogen-bond donors (Lipinski definition) is 1. The quantitative estimate of drug-likeness (QED) is 0.154. The van der Waals surface area contributed by atoms with Crippen molar-refractivity contribution in [1.82, 2.24) is 10.4 Å². The molecule has 0 saturated carbocycles. The van der Waals surface area contributed by atoms with E-state index in [1.54, 1.807) is 21.0 Å². The summed E-state index contributed by atoms with van der Waals surface area (Å²) >= 11 is 0. The topological polar surface area (TPSA) is 102 Å². The molecule has 0 aliphatic rings. The Morgan fingerprint density at radius 1 is 1.36 bits per heavy atom. The highest BCUT2D eigenvalue weighted by Crippen LogP contribution is 2.21. The predicted molar refractivity (Wildman–Crippen MR) is 79.0 cm³/mol. The van der Waals surface area contributed by atoms with Gasteiger partial charge in [-0.3, -0.25) is 14.9 Å². The van der Waals surface area contributed by atoms with Crippen molar-refractivity contribution >= 4 is 17.4 Å². The van der Waals surface area contributed by atoms with E-state index < -0.39 is 16.7 Å². The van der Waals surface area contributed by atoms with Crippen LogP contribution in [0.1, 0.15) is 17.3 Å². The van der Waals surface area contributed by atoms with Crippen LogP contribution in [0, 0.1) is 10.1 Å². The molecule has 1 aromatic carbocycles. The van der Waals surface area contributed by atoms with Crippen molar-refractivity contribution in [2.45, 2.75) is 6.92 Å². The van der Waals surface area contributed by atoms with Crippen LogP contribution in [0.2, 0.25) is 0 Å². The number of esters is 1. The van der Waals surface area contributed by atoms with E-state index in [1.807, 2.05) is 0 Å². The first-order chi connectivity index (χ1) is 10.4. The van der Waals surface area contributed by atoms with Gasteiger partial charge in [0.2, 0.25) is 5.78 Å². The number of carbonyl (C=O) groups excluding carboxylic acids is 2. The Balaban J connectivity index is 3.25. The van der Waals surface area contributed by atoms with E-state index >= 15 is 0 Å². The molecular formula is C14H17N3O5. The molecule has 0 aliphatic heterocycles. The second-order valence-corrected chi connectivity index (χ2v) is 4.41. The fraction of sp³-hybridized carbons (Fsp3) is 0.286. The summed E-state index contributed by atoms with van der Waals surface area (Å²) in [6, 6.07) is 5.43. The van der Waals surface area contributed by atoms with Crippen LogP contribution in [-0.4, -0.2) is 42.4 Å². The van der Waals surface area contributed by atoms with Crippen molar-refractivity contribution in [3.63, 3.8) is 0 Å². The molecular weight excluding hydrogens is 290 g/mol. The molecule has 0 unspecified atom stereocenters. The first-order valence-electron chi connectivity index (χ1n) is 6.47. The molecule has 0 bridgehead atoms. The summed E-state index contributed by atoms with van der Waals surface area (Å²) in [4.78, 5) is 34.7. The van der Waals surface area contributed by atoms with Gasteiger partial charge in [-0.2, -0.15) is 0 Å². The fourth-order valence-electron chi connectivity index (χ4n) is 1.59. The fourth-order valence-corrected chi connectivity index (χ4v) is 1.59. The molecule has 0 aromatic heterocycles. The van der Waals surface area contributed by atoms with Gasteiger partial charge >= 0.3 is 5.97 Å². The molecule has 1 aromatic rings. The Bertz CT molecular complexity index is 610. The summed E-state index contributed by atoms with van der Waals surface area (Å²) < 4.78 is 4.82. The summed E-state index contributed by atoms with van der Waals surface area (Å²) in [6.07, 6.45) is 1.16. The standard InChI is InChI=1S/C14H17N3O5/c1-4-22-14(19)11(9-15-16(2)3)13(18)10-7-5-6-8-12(10)17(20)21/h5-9,15H,4H2,1-3H3. The zero-order chi connectivity index (χ0) is 16.7. The lowest BCUT2D eigenvalue weighted by Crippen LogP contribution is -2.28. The number of hydrogen-bond acceptors (Lipinski definition) is 7. The molecule has 1 rings (SSSR count). The average molecular weight is 307 g/mol. The maximum Gasteiger partial charge on any atom is 0.343 e. The van der Waals surface area contributed by atoms with Crippen molar-refractivity contribution < 1.29 is 19.2 Å². The Kier molecular flexibility index (Phi) is 6.21. The normalized spacial score (nSPS) is 11.2. The molecule has 8 heteroatoms. The average Bonchev–Trinajstić information content (AvgIpc) is 2.47. The van der Waals surface area contributed by atoms with Crippen molar-refractivity contribution in [1.29, 1.82) is 0 Å². The molecule has 0 spiro atoms. The van der Waals surface area contributed by atoms with Gasteiger partial charge in [0.05, 0.1) is 11.5 Å². The Hall–Kier alpha value is -2.74. The smallest absolute Gasteiger partial charge is 0.343 e. The van der Waals surface area contributed by atoms with E-state index in [0.29, 0.717) is 0 Å².